The fourth-order valence-electron chi connectivity index (χ4n) is 0.945. The monoisotopic (exact) mass is 197 g/mol. The molecule has 1 rings (SSSR count). The van der Waals surface area contributed by atoms with E-state index in [4.69, 9.17) is 21.7 Å². The molecule has 0 saturated heterocycles. The van der Waals surface area contributed by atoms with Crippen molar-refractivity contribution in [1.82, 2.24) is 0 Å². The summed E-state index contributed by atoms with van der Waals surface area (Å²) >= 11 is 5.88. The predicted octanol–water partition coefficient (Wildman–Crippen LogP) is 3.09. The lowest BCUT2D eigenvalue weighted by Crippen LogP contribution is -2.11. The minimum Gasteiger partial charge on any atom is -0.475 e. The number of hydrogen-bond donors (Lipinski definition) is 1. The third kappa shape index (κ3) is 2.74. The van der Waals surface area contributed by atoms with Gasteiger partial charge >= 0.3 is 0 Å². The molecule has 2 nitrogen and oxygen atoms in total. The van der Waals surface area contributed by atoms with E-state index in [1.807, 2.05) is 26.0 Å². The van der Waals surface area contributed by atoms with Gasteiger partial charge in [0.15, 0.2) is 0 Å². The second kappa shape index (κ2) is 4.28. The maximum absolute atomic E-state index is 7.59. The lowest BCUT2D eigenvalue weighted by molar-refractivity contribution is 0.227. The third-order valence-corrected chi connectivity index (χ3v) is 1.80. The Morgan fingerprint density at radius 1 is 1.38 bits per heavy atom. The van der Waals surface area contributed by atoms with E-state index in [9.17, 15) is 0 Å². The van der Waals surface area contributed by atoms with Gasteiger partial charge in [0.1, 0.15) is 0 Å². The minimum atomic E-state index is 0.00349. The van der Waals surface area contributed by atoms with Crippen LogP contribution in [0.5, 0.6) is 0 Å². The Balaban J connectivity index is 2.83. The summed E-state index contributed by atoms with van der Waals surface area (Å²) in [5.41, 5.74) is 0.637. The van der Waals surface area contributed by atoms with E-state index >= 15 is 0 Å². The molecule has 0 spiro atoms. The highest BCUT2D eigenvalue weighted by Gasteiger charge is 2.07. The minimum absolute atomic E-state index is 0.00349. The van der Waals surface area contributed by atoms with Crippen molar-refractivity contribution in [3.63, 3.8) is 0 Å². The topological polar surface area (TPSA) is 33.1 Å². The van der Waals surface area contributed by atoms with Crippen molar-refractivity contribution in [3.05, 3.63) is 34.9 Å². The van der Waals surface area contributed by atoms with Crippen LogP contribution < -0.4 is 0 Å². The molecular formula is C10H12ClNO. The van der Waals surface area contributed by atoms with Crippen molar-refractivity contribution in [1.29, 1.82) is 5.41 Å². The highest BCUT2D eigenvalue weighted by Crippen LogP contribution is 2.16. The molecule has 1 N–H and O–H groups in total. The Morgan fingerprint density at radius 2 is 2.00 bits per heavy atom. The number of rotatable bonds is 2. The Kier molecular flexibility index (Phi) is 3.32. The van der Waals surface area contributed by atoms with E-state index in [0.29, 0.717) is 10.6 Å². The Hall–Kier alpha value is -1.02. The largest absolute Gasteiger partial charge is 0.475 e. The third-order valence-electron chi connectivity index (χ3n) is 1.47. The first-order chi connectivity index (χ1) is 6.11. The maximum Gasteiger partial charge on any atom is 0.214 e. The van der Waals surface area contributed by atoms with Crippen LogP contribution in [0.3, 0.4) is 0 Å². The highest BCUT2D eigenvalue weighted by atomic mass is 35.5. The number of halogens is 1. The van der Waals surface area contributed by atoms with Crippen LogP contribution in [0.25, 0.3) is 0 Å². The summed E-state index contributed by atoms with van der Waals surface area (Å²) in [7, 11) is 0. The smallest absolute Gasteiger partial charge is 0.214 e. The molecule has 13 heavy (non-hydrogen) atoms. The second-order valence-corrected chi connectivity index (χ2v) is 3.38. The van der Waals surface area contributed by atoms with E-state index in [-0.39, 0.29) is 12.0 Å². The first-order valence-electron chi connectivity index (χ1n) is 4.11. The van der Waals surface area contributed by atoms with E-state index in [2.05, 4.69) is 0 Å². The van der Waals surface area contributed by atoms with Crippen molar-refractivity contribution in [2.24, 2.45) is 0 Å². The maximum atomic E-state index is 7.59. The van der Waals surface area contributed by atoms with Crippen LogP contribution in [0, 0.1) is 5.41 Å². The summed E-state index contributed by atoms with van der Waals surface area (Å²) in [6.07, 6.45) is 0.00349. The van der Waals surface area contributed by atoms with Crippen molar-refractivity contribution in [2.45, 2.75) is 20.0 Å². The van der Waals surface area contributed by atoms with Gasteiger partial charge in [0.05, 0.1) is 16.7 Å². The second-order valence-electron chi connectivity index (χ2n) is 2.98. The lowest BCUT2D eigenvalue weighted by atomic mass is 10.2. The molecule has 1 aromatic carbocycles. The van der Waals surface area contributed by atoms with E-state index in [0.717, 1.165) is 0 Å². The normalized spacial score (nSPS) is 10.2. The number of ether oxygens (including phenoxy) is 1. The first-order valence-corrected chi connectivity index (χ1v) is 4.49. The summed E-state index contributed by atoms with van der Waals surface area (Å²) in [5, 5.41) is 8.14. The van der Waals surface area contributed by atoms with Gasteiger partial charge in [0.25, 0.3) is 0 Å². The number of benzene rings is 1. The molecule has 3 heteroatoms. The van der Waals surface area contributed by atoms with E-state index in [1.165, 1.54) is 0 Å². The van der Waals surface area contributed by atoms with Crippen molar-refractivity contribution in [3.8, 4) is 0 Å². The zero-order valence-electron chi connectivity index (χ0n) is 7.67. The molecular weight excluding hydrogens is 186 g/mol. The first kappa shape index (κ1) is 10.1. The van der Waals surface area contributed by atoms with Crippen LogP contribution in [0.2, 0.25) is 5.02 Å². The molecule has 0 radical (unpaired) electrons. The zero-order chi connectivity index (χ0) is 9.84. The van der Waals surface area contributed by atoms with Crippen LogP contribution in [0.4, 0.5) is 0 Å². The summed E-state index contributed by atoms with van der Waals surface area (Å²) in [6, 6.07) is 7.18. The Bertz CT molecular complexity index is 310. The van der Waals surface area contributed by atoms with Crippen LogP contribution in [0.1, 0.15) is 19.4 Å². The molecule has 0 aromatic heterocycles. The van der Waals surface area contributed by atoms with Crippen LogP contribution in [0.15, 0.2) is 24.3 Å². The van der Waals surface area contributed by atoms with Crippen molar-refractivity contribution in [2.75, 3.05) is 0 Å². The molecule has 70 valence electrons. The summed E-state index contributed by atoms with van der Waals surface area (Å²) in [4.78, 5) is 0. The van der Waals surface area contributed by atoms with Crippen molar-refractivity contribution >= 4 is 17.5 Å². The fourth-order valence-corrected chi connectivity index (χ4v) is 1.17. The molecule has 0 amide bonds. The molecule has 0 heterocycles. The van der Waals surface area contributed by atoms with Gasteiger partial charge in [-0.1, -0.05) is 23.7 Å². The van der Waals surface area contributed by atoms with E-state index < -0.39 is 0 Å². The zero-order valence-corrected chi connectivity index (χ0v) is 8.43. The van der Waals surface area contributed by atoms with Crippen LogP contribution in [-0.4, -0.2) is 12.0 Å². The molecule has 0 fully saturated rings. The standard InChI is InChI=1S/C10H12ClNO/c1-7(2)13-10(12)8-5-3-4-6-9(8)11/h3-7,12H,1-2H3. The predicted molar refractivity (Wildman–Crippen MR) is 54.5 cm³/mol. The van der Waals surface area contributed by atoms with Gasteiger partial charge < -0.3 is 4.74 Å². The van der Waals surface area contributed by atoms with Gasteiger partial charge in [0, 0.05) is 0 Å². The highest BCUT2D eigenvalue weighted by molar-refractivity contribution is 6.33. The van der Waals surface area contributed by atoms with Gasteiger partial charge in [-0.15, -0.1) is 0 Å². The molecule has 0 aliphatic carbocycles. The van der Waals surface area contributed by atoms with Gasteiger partial charge in [-0.25, -0.2) is 0 Å². The molecule has 0 aliphatic rings. The summed E-state index contributed by atoms with van der Waals surface area (Å²) in [6.45, 7) is 3.76. The summed E-state index contributed by atoms with van der Waals surface area (Å²) in [5.74, 6) is 0.126. The van der Waals surface area contributed by atoms with Gasteiger partial charge in [0.2, 0.25) is 5.90 Å². The average Bonchev–Trinajstić information content (AvgIpc) is 2.03. The average molecular weight is 198 g/mol. The van der Waals surface area contributed by atoms with Gasteiger partial charge in [-0.2, -0.15) is 0 Å². The Morgan fingerprint density at radius 3 is 2.54 bits per heavy atom. The molecule has 0 saturated carbocycles. The summed E-state index contributed by atoms with van der Waals surface area (Å²) < 4.78 is 5.22. The van der Waals surface area contributed by atoms with Crippen LogP contribution in [-0.2, 0) is 4.74 Å². The van der Waals surface area contributed by atoms with Crippen LogP contribution >= 0.6 is 11.6 Å². The lowest BCUT2D eigenvalue weighted by Gasteiger charge is -2.11. The molecule has 0 aliphatic heterocycles. The molecule has 1 aromatic rings. The molecule has 0 atom stereocenters. The van der Waals surface area contributed by atoms with E-state index in [1.54, 1.807) is 12.1 Å². The van der Waals surface area contributed by atoms with Gasteiger partial charge in [-0.05, 0) is 26.0 Å². The fraction of sp³-hybridized carbons (Fsp3) is 0.300. The quantitative estimate of drug-likeness (QED) is 0.574. The Labute approximate surface area is 83.0 Å². The van der Waals surface area contributed by atoms with Crippen molar-refractivity contribution < 1.29 is 4.74 Å². The number of hydrogen-bond acceptors (Lipinski definition) is 2. The SMILES string of the molecule is CC(C)OC(=N)c1ccccc1Cl. The van der Waals surface area contributed by atoms with Gasteiger partial charge in [-0.3, -0.25) is 5.41 Å². The number of nitrogens with one attached hydrogen (secondary N) is 1. The molecule has 0 unspecified atom stereocenters. The molecule has 0 bridgehead atoms.